The third kappa shape index (κ3) is 1.42. The number of hydrogen-bond acceptors (Lipinski definition) is 4. The van der Waals surface area contributed by atoms with Crippen LogP contribution < -0.4 is 0 Å². The Kier molecular flexibility index (Phi) is 2.04. The molecule has 2 heterocycles. The highest BCUT2D eigenvalue weighted by atomic mass is 35.5. The van der Waals surface area contributed by atoms with Gasteiger partial charge in [0.15, 0.2) is 0 Å². The summed E-state index contributed by atoms with van der Waals surface area (Å²) in [5.41, 5.74) is 1.81. The van der Waals surface area contributed by atoms with Crippen LogP contribution >= 0.6 is 11.6 Å². The van der Waals surface area contributed by atoms with Gasteiger partial charge in [-0.1, -0.05) is 47.0 Å². The van der Waals surface area contributed by atoms with E-state index in [1.165, 1.54) is 0 Å². The summed E-state index contributed by atoms with van der Waals surface area (Å²) in [6, 6.07) is 11.5. The molecule has 0 aliphatic rings. The lowest BCUT2D eigenvalue weighted by Crippen LogP contribution is -1.96. The van der Waals surface area contributed by atoms with Crippen molar-refractivity contribution in [1.82, 2.24) is 25.0 Å². The predicted molar refractivity (Wildman–Crippen MR) is 59.0 cm³/mol. The van der Waals surface area contributed by atoms with E-state index >= 15 is 0 Å². The van der Waals surface area contributed by atoms with E-state index < -0.39 is 0 Å². The summed E-state index contributed by atoms with van der Waals surface area (Å²) >= 11 is 5.91. The van der Waals surface area contributed by atoms with Gasteiger partial charge in [-0.2, -0.15) is 9.50 Å². The topological polar surface area (TPSA) is 56.0 Å². The van der Waals surface area contributed by atoms with Gasteiger partial charge in [0.1, 0.15) is 5.15 Å². The molecule has 5 nitrogen and oxygen atoms in total. The highest BCUT2D eigenvalue weighted by Crippen LogP contribution is 2.21. The lowest BCUT2D eigenvalue weighted by Gasteiger charge is -2.02. The molecule has 0 saturated heterocycles. The van der Waals surface area contributed by atoms with Gasteiger partial charge in [0, 0.05) is 11.6 Å². The highest BCUT2D eigenvalue weighted by molar-refractivity contribution is 6.29. The summed E-state index contributed by atoms with van der Waals surface area (Å²) in [6.45, 7) is 0. The molecular formula is C10H6ClN5. The molecule has 3 aromatic rings. The Morgan fingerprint density at radius 1 is 1.12 bits per heavy atom. The molecule has 78 valence electrons. The zero-order chi connectivity index (χ0) is 11.0. The molecule has 16 heavy (non-hydrogen) atoms. The lowest BCUT2D eigenvalue weighted by atomic mass is 10.1. The Morgan fingerprint density at radius 3 is 2.75 bits per heavy atom. The smallest absolute Gasteiger partial charge is 0.198 e. The van der Waals surface area contributed by atoms with Crippen LogP contribution in [0.2, 0.25) is 5.15 Å². The molecule has 0 radical (unpaired) electrons. The van der Waals surface area contributed by atoms with Gasteiger partial charge in [-0.15, -0.1) is 0 Å². The minimum atomic E-state index is 0.376. The maximum atomic E-state index is 5.91. The molecule has 0 amide bonds. The molecule has 0 saturated carbocycles. The van der Waals surface area contributed by atoms with Gasteiger partial charge < -0.3 is 0 Å². The van der Waals surface area contributed by atoms with E-state index in [2.05, 4.69) is 20.5 Å². The fourth-order valence-corrected chi connectivity index (χ4v) is 1.70. The molecule has 6 heteroatoms. The van der Waals surface area contributed by atoms with Crippen molar-refractivity contribution in [2.45, 2.75) is 0 Å². The van der Waals surface area contributed by atoms with Gasteiger partial charge in [-0.05, 0) is 10.4 Å². The molecule has 0 atom stereocenters. The van der Waals surface area contributed by atoms with Crippen molar-refractivity contribution in [3.63, 3.8) is 0 Å². The Morgan fingerprint density at radius 2 is 1.94 bits per heavy atom. The van der Waals surface area contributed by atoms with Crippen LogP contribution in [-0.2, 0) is 0 Å². The van der Waals surface area contributed by atoms with Gasteiger partial charge >= 0.3 is 0 Å². The van der Waals surface area contributed by atoms with Crippen LogP contribution in [0.3, 0.4) is 0 Å². The van der Waals surface area contributed by atoms with Crippen molar-refractivity contribution >= 4 is 17.4 Å². The van der Waals surface area contributed by atoms with Crippen LogP contribution in [0.15, 0.2) is 36.4 Å². The maximum Gasteiger partial charge on any atom is 0.275 e. The van der Waals surface area contributed by atoms with E-state index in [4.69, 9.17) is 11.6 Å². The Bertz CT molecular complexity index is 634. The Balaban J connectivity index is 2.34. The van der Waals surface area contributed by atoms with E-state index in [1.54, 1.807) is 10.6 Å². The fourth-order valence-electron chi connectivity index (χ4n) is 1.52. The van der Waals surface area contributed by atoms with Gasteiger partial charge in [0.2, 0.25) is 0 Å². The second-order valence-electron chi connectivity index (χ2n) is 3.22. The minimum Gasteiger partial charge on any atom is -0.198 e. The molecule has 0 spiro atoms. The average Bonchev–Trinajstić information content (AvgIpc) is 2.77. The first-order valence-electron chi connectivity index (χ1n) is 4.65. The summed E-state index contributed by atoms with van der Waals surface area (Å²) in [5.74, 6) is 0.395. The third-order valence-corrected chi connectivity index (χ3v) is 2.41. The zero-order valence-corrected chi connectivity index (χ0v) is 8.83. The molecule has 2 aromatic heterocycles. The normalized spacial score (nSPS) is 10.8. The molecule has 0 unspecified atom stereocenters. The van der Waals surface area contributed by atoms with Gasteiger partial charge in [-0.3, -0.25) is 0 Å². The van der Waals surface area contributed by atoms with Crippen LogP contribution in [0.5, 0.6) is 0 Å². The van der Waals surface area contributed by atoms with Gasteiger partial charge in [0.05, 0.1) is 5.69 Å². The monoisotopic (exact) mass is 231 g/mol. The number of halogens is 1. The first-order chi connectivity index (χ1) is 7.84. The second-order valence-corrected chi connectivity index (χ2v) is 3.61. The molecule has 0 aliphatic heterocycles. The summed E-state index contributed by atoms with van der Waals surface area (Å²) in [6.07, 6.45) is 0. The van der Waals surface area contributed by atoms with Crippen molar-refractivity contribution in [1.29, 1.82) is 0 Å². The number of benzene rings is 1. The van der Waals surface area contributed by atoms with E-state index in [-0.39, 0.29) is 0 Å². The van der Waals surface area contributed by atoms with Crippen molar-refractivity contribution in [3.05, 3.63) is 41.6 Å². The molecule has 0 fully saturated rings. The number of nitrogens with zero attached hydrogens (tertiary/aromatic N) is 5. The van der Waals surface area contributed by atoms with Crippen LogP contribution in [0.4, 0.5) is 0 Å². The van der Waals surface area contributed by atoms with Gasteiger partial charge in [-0.25, -0.2) is 0 Å². The van der Waals surface area contributed by atoms with E-state index in [9.17, 15) is 0 Å². The average molecular weight is 232 g/mol. The van der Waals surface area contributed by atoms with Crippen LogP contribution in [-0.4, -0.2) is 25.0 Å². The lowest BCUT2D eigenvalue weighted by molar-refractivity contribution is 0.826. The number of rotatable bonds is 1. The van der Waals surface area contributed by atoms with Crippen LogP contribution in [0, 0.1) is 0 Å². The summed E-state index contributed by atoms with van der Waals surface area (Å²) in [4.78, 5) is 4.01. The number of fused-ring (bicyclic) bond motifs is 1. The Labute approximate surface area is 95.7 Å². The zero-order valence-electron chi connectivity index (χ0n) is 8.08. The summed E-state index contributed by atoms with van der Waals surface area (Å²) in [7, 11) is 0. The second kappa shape index (κ2) is 3.53. The van der Waals surface area contributed by atoms with Crippen molar-refractivity contribution in [2.24, 2.45) is 0 Å². The van der Waals surface area contributed by atoms with E-state index in [1.807, 2.05) is 30.3 Å². The van der Waals surface area contributed by atoms with E-state index in [0.29, 0.717) is 10.9 Å². The first kappa shape index (κ1) is 9.23. The number of tetrazole rings is 1. The van der Waals surface area contributed by atoms with Crippen molar-refractivity contribution in [3.8, 4) is 11.3 Å². The van der Waals surface area contributed by atoms with Crippen LogP contribution in [0.25, 0.3) is 17.0 Å². The number of aromatic nitrogens is 5. The van der Waals surface area contributed by atoms with Gasteiger partial charge in [0.25, 0.3) is 5.78 Å². The summed E-state index contributed by atoms with van der Waals surface area (Å²) < 4.78 is 1.56. The molecular weight excluding hydrogens is 226 g/mol. The van der Waals surface area contributed by atoms with E-state index in [0.717, 1.165) is 11.3 Å². The molecule has 1 aromatic carbocycles. The largest absolute Gasteiger partial charge is 0.275 e. The minimum absolute atomic E-state index is 0.376. The van der Waals surface area contributed by atoms with Crippen LogP contribution in [0.1, 0.15) is 0 Å². The summed E-state index contributed by atoms with van der Waals surface area (Å²) in [5, 5.41) is 11.6. The Hall–Kier alpha value is -2.01. The molecule has 0 aliphatic carbocycles. The maximum absolute atomic E-state index is 5.91. The molecule has 3 rings (SSSR count). The highest BCUT2D eigenvalue weighted by Gasteiger charge is 2.08. The first-order valence-corrected chi connectivity index (χ1v) is 5.02. The third-order valence-electron chi connectivity index (χ3n) is 2.21. The quantitative estimate of drug-likeness (QED) is 0.600. The van der Waals surface area contributed by atoms with Crippen molar-refractivity contribution < 1.29 is 0 Å². The fraction of sp³-hybridized carbons (Fsp3) is 0. The standard InChI is InChI=1S/C10H6ClN5/c11-9-6-8(7-4-2-1-3-5-7)16-10(12-9)13-14-15-16/h1-6H. The SMILES string of the molecule is Clc1cc(-c2ccccc2)n2nnnc2n1. The van der Waals surface area contributed by atoms with Crippen molar-refractivity contribution in [2.75, 3.05) is 0 Å². The molecule has 0 bridgehead atoms. The number of hydrogen-bond donors (Lipinski definition) is 0. The predicted octanol–water partition coefficient (Wildman–Crippen LogP) is 1.84. The molecule has 0 N–H and O–H groups in total.